The van der Waals surface area contributed by atoms with Crippen molar-refractivity contribution >= 4 is 0 Å². The van der Waals surface area contributed by atoms with Crippen LogP contribution in [0.1, 0.15) is 11.3 Å². The number of hydrogen-bond acceptors (Lipinski definition) is 5. The molecule has 0 unspecified atom stereocenters. The third kappa shape index (κ3) is 3.98. The van der Waals surface area contributed by atoms with Gasteiger partial charge in [0, 0.05) is 17.8 Å². The molecule has 0 saturated carbocycles. The largest absolute Gasteiger partial charge is 0.416 e. The number of nitrogens with zero attached hydrogens (tertiary/aromatic N) is 5. The van der Waals surface area contributed by atoms with Crippen LogP contribution in [0.2, 0.25) is 0 Å². The number of aromatic nitrogens is 5. The summed E-state index contributed by atoms with van der Waals surface area (Å²) in [5.74, 6) is -2.82. The first-order valence-corrected chi connectivity index (χ1v) is 9.67. The van der Waals surface area contributed by atoms with Gasteiger partial charge in [0.15, 0.2) is 29.0 Å². The predicted molar refractivity (Wildman–Crippen MR) is 106 cm³/mol. The zero-order chi connectivity index (χ0) is 24.0. The lowest BCUT2D eigenvalue weighted by Crippen LogP contribution is -2.06. The second kappa shape index (κ2) is 7.97. The van der Waals surface area contributed by atoms with E-state index in [0.717, 1.165) is 18.2 Å². The molecule has 0 saturated heterocycles. The Hall–Kier alpha value is -4.22. The average Bonchev–Trinajstić information content (AvgIpc) is 3.41. The number of rotatable bonds is 4. The van der Waals surface area contributed by atoms with Gasteiger partial charge in [-0.05, 0) is 36.4 Å². The van der Waals surface area contributed by atoms with E-state index in [0.29, 0.717) is 11.8 Å². The van der Waals surface area contributed by atoms with Crippen LogP contribution in [-0.4, -0.2) is 24.9 Å². The summed E-state index contributed by atoms with van der Waals surface area (Å²) in [5, 5.41) is 7.96. The van der Waals surface area contributed by atoms with Gasteiger partial charge >= 0.3 is 6.18 Å². The van der Waals surface area contributed by atoms with E-state index in [2.05, 4.69) is 20.2 Å². The van der Waals surface area contributed by atoms with E-state index >= 15 is 0 Å². The molecule has 3 heterocycles. The predicted octanol–water partition coefficient (Wildman–Crippen LogP) is 5.58. The second-order valence-corrected chi connectivity index (χ2v) is 7.24. The monoisotopic (exact) mass is 475 g/mol. The summed E-state index contributed by atoms with van der Waals surface area (Å²) in [5.41, 5.74) is -1.01. The van der Waals surface area contributed by atoms with E-state index in [-0.39, 0.29) is 40.8 Å². The molecule has 6 nitrogen and oxygen atoms in total. The fraction of sp³-hybridized carbons (Fsp3) is 0.0909. The molecule has 34 heavy (non-hydrogen) atoms. The van der Waals surface area contributed by atoms with Crippen LogP contribution in [0.5, 0.6) is 0 Å². The molecular formula is C22H11F6N5O. The van der Waals surface area contributed by atoms with Gasteiger partial charge < -0.3 is 4.52 Å². The zero-order valence-corrected chi connectivity index (χ0v) is 16.8. The minimum absolute atomic E-state index is 0.0138. The fourth-order valence-corrected chi connectivity index (χ4v) is 3.30. The third-order valence-electron chi connectivity index (χ3n) is 4.94. The molecule has 2 aromatic carbocycles. The van der Waals surface area contributed by atoms with Crippen molar-refractivity contribution in [3.63, 3.8) is 0 Å². The Kier molecular flexibility index (Phi) is 5.07. The smallest absolute Gasteiger partial charge is 0.359 e. The van der Waals surface area contributed by atoms with Crippen LogP contribution in [-0.2, 0) is 12.7 Å². The molecule has 0 amide bonds. The Bertz CT molecular complexity index is 1480. The van der Waals surface area contributed by atoms with Gasteiger partial charge in [-0.25, -0.2) is 23.1 Å². The van der Waals surface area contributed by atoms with E-state index < -0.39 is 29.2 Å². The molecule has 0 atom stereocenters. The molecule has 0 aliphatic carbocycles. The lowest BCUT2D eigenvalue weighted by atomic mass is 10.1. The number of hydrogen-bond donors (Lipinski definition) is 0. The van der Waals surface area contributed by atoms with Gasteiger partial charge in [0.25, 0.3) is 0 Å². The SMILES string of the molecule is Fc1cc(C(F)(F)F)ccc1-c1cc(Cn2ccc3nc(-c4cccc(F)c4F)nc-3n2)on1. The Morgan fingerprint density at radius 3 is 2.41 bits per heavy atom. The van der Waals surface area contributed by atoms with E-state index in [1.54, 1.807) is 6.07 Å². The number of halogens is 6. The van der Waals surface area contributed by atoms with Crippen LogP contribution in [0.25, 0.3) is 34.2 Å². The van der Waals surface area contributed by atoms with Crippen LogP contribution in [0, 0.1) is 17.5 Å². The molecule has 0 fully saturated rings. The van der Waals surface area contributed by atoms with Gasteiger partial charge in [0.2, 0.25) is 0 Å². The van der Waals surface area contributed by atoms with Crippen molar-refractivity contribution in [1.82, 2.24) is 24.9 Å². The molecule has 0 N–H and O–H groups in total. The Morgan fingerprint density at radius 1 is 0.824 bits per heavy atom. The molecule has 0 spiro atoms. The standard InChI is InChI=1S/C22H11F6N5O/c23-15-3-1-2-14(19(15)25)20-29-17-6-7-33(31-21(17)30-20)10-12-9-18(32-34-12)13-5-4-11(8-16(13)24)22(26,27)28/h1-9H,10H2. The molecule has 172 valence electrons. The van der Waals surface area contributed by atoms with Gasteiger partial charge in [-0.2, -0.15) is 18.3 Å². The van der Waals surface area contributed by atoms with Gasteiger partial charge in [0.1, 0.15) is 23.7 Å². The van der Waals surface area contributed by atoms with Gasteiger partial charge in [-0.1, -0.05) is 11.2 Å². The Balaban J connectivity index is 1.40. The molecular weight excluding hydrogens is 464 g/mol. The van der Waals surface area contributed by atoms with Crippen molar-refractivity contribution in [1.29, 1.82) is 0 Å². The van der Waals surface area contributed by atoms with Crippen LogP contribution in [0.15, 0.2) is 59.3 Å². The molecule has 5 rings (SSSR count). The maximum absolute atomic E-state index is 14.2. The normalized spacial score (nSPS) is 11.9. The van der Waals surface area contributed by atoms with Crippen LogP contribution in [0.3, 0.4) is 0 Å². The van der Waals surface area contributed by atoms with E-state index in [1.165, 1.54) is 29.1 Å². The summed E-state index contributed by atoms with van der Waals surface area (Å²) in [7, 11) is 0. The summed E-state index contributed by atoms with van der Waals surface area (Å²) >= 11 is 0. The number of fused-ring (bicyclic) bond motifs is 1. The maximum atomic E-state index is 14.2. The van der Waals surface area contributed by atoms with Gasteiger partial charge in [0.05, 0.1) is 11.1 Å². The highest BCUT2D eigenvalue weighted by molar-refractivity contribution is 5.64. The van der Waals surface area contributed by atoms with Gasteiger partial charge in [-0.3, -0.25) is 4.68 Å². The van der Waals surface area contributed by atoms with Crippen molar-refractivity contribution in [2.75, 3.05) is 0 Å². The van der Waals surface area contributed by atoms with Crippen molar-refractivity contribution in [3.05, 3.63) is 83.5 Å². The minimum atomic E-state index is -4.67. The van der Waals surface area contributed by atoms with Crippen LogP contribution < -0.4 is 0 Å². The highest BCUT2D eigenvalue weighted by atomic mass is 19.4. The zero-order valence-electron chi connectivity index (χ0n) is 16.8. The first-order chi connectivity index (χ1) is 16.2. The molecule has 3 aromatic rings. The molecule has 2 aliphatic rings. The van der Waals surface area contributed by atoms with Crippen molar-refractivity contribution in [2.45, 2.75) is 12.7 Å². The molecule has 2 aliphatic heterocycles. The summed E-state index contributed by atoms with van der Waals surface area (Å²) in [4.78, 5) is 8.30. The number of benzene rings is 2. The first-order valence-electron chi connectivity index (χ1n) is 9.67. The highest BCUT2D eigenvalue weighted by Crippen LogP contribution is 2.33. The summed E-state index contributed by atoms with van der Waals surface area (Å²) in [6, 6.07) is 8.71. The lowest BCUT2D eigenvalue weighted by Gasteiger charge is -2.07. The Labute approximate surface area is 186 Å². The fourth-order valence-electron chi connectivity index (χ4n) is 3.30. The number of imidazole rings is 1. The first kappa shape index (κ1) is 21.6. The molecule has 12 heteroatoms. The third-order valence-corrected chi connectivity index (χ3v) is 4.94. The molecule has 1 aromatic heterocycles. The minimum Gasteiger partial charge on any atom is -0.359 e. The molecule has 0 radical (unpaired) electrons. The van der Waals surface area contributed by atoms with Crippen LogP contribution >= 0.6 is 0 Å². The van der Waals surface area contributed by atoms with Crippen LogP contribution in [0.4, 0.5) is 26.3 Å². The number of alkyl halides is 3. The maximum Gasteiger partial charge on any atom is 0.416 e. The molecule has 0 bridgehead atoms. The quantitative estimate of drug-likeness (QED) is 0.317. The topological polar surface area (TPSA) is 69.6 Å². The van der Waals surface area contributed by atoms with Crippen molar-refractivity contribution < 1.29 is 30.9 Å². The Morgan fingerprint density at radius 2 is 1.65 bits per heavy atom. The average molecular weight is 475 g/mol. The van der Waals surface area contributed by atoms with E-state index in [4.69, 9.17) is 4.52 Å². The van der Waals surface area contributed by atoms with E-state index in [9.17, 15) is 26.3 Å². The second-order valence-electron chi connectivity index (χ2n) is 7.24. The summed E-state index contributed by atoms with van der Waals surface area (Å²) in [6.45, 7) is 0.0295. The van der Waals surface area contributed by atoms with Gasteiger partial charge in [-0.15, -0.1) is 0 Å². The van der Waals surface area contributed by atoms with E-state index in [1.807, 2.05) is 0 Å². The summed E-state index contributed by atoms with van der Waals surface area (Å²) in [6.07, 6.45) is -3.14. The van der Waals surface area contributed by atoms with Crippen molar-refractivity contribution in [3.8, 4) is 34.2 Å². The van der Waals surface area contributed by atoms with Crippen molar-refractivity contribution in [2.24, 2.45) is 0 Å². The highest BCUT2D eigenvalue weighted by Gasteiger charge is 2.31. The summed E-state index contributed by atoms with van der Waals surface area (Å²) < 4.78 is 86.5. The lowest BCUT2D eigenvalue weighted by molar-refractivity contribution is -0.137.